The molecule has 3 aromatic rings. The fraction of sp³-hybridized carbons (Fsp3) is 0.208. The van der Waals surface area contributed by atoms with Crippen molar-refractivity contribution in [3.63, 3.8) is 0 Å². The molecule has 0 aliphatic carbocycles. The Labute approximate surface area is 183 Å². The van der Waals surface area contributed by atoms with Gasteiger partial charge in [0.1, 0.15) is 5.75 Å². The SMILES string of the molecule is CCC(NC(=O)c1cccc(NS(=O)(=O)c2ccc(OC)cc2)c1)c1ccccc1C. The fourth-order valence-electron chi connectivity index (χ4n) is 3.31. The maximum Gasteiger partial charge on any atom is 0.261 e. The van der Waals surface area contributed by atoms with E-state index in [4.69, 9.17) is 4.74 Å². The maximum absolute atomic E-state index is 12.9. The molecular formula is C24H26N2O4S. The van der Waals surface area contributed by atoms with Crippen molar-refractivity contribution in [1.82, 2.24) is 5.32 Å². The second-order valence-corrected chi connectivity index (χ2v) is 8.84. The van der Waals surface area contributed by atoms with Crippen LogP contribution in [0.5, 0.6) is 5.75 Å². The highest BCUT2D eigenvalue weighted by molar-refractivity contribution is 7.92. The highest BCUT2D eigenvalue weighted by Gasteiger charge is 2.18. The second kappa shape index (κ2) is 9.66. The molecular weight excluding hydrogens is 412 g/mol. The zero-order chi connectivity index (χ0) is 22.4. The Balaban J connectivity index is 1.77. The highest BCUT2D eigenvalue weighted by atomic mass is 32.2. The number of ether oxygens (including phenoxy) is 1. The average molecular weight is 439 g/mol. The zero-order valence-electron chi connectivity index (χ0n) is 17.8. The van der Waals surface area contributed by atoms with Gasteiger partial charge in [0.2, 0.25) is 0 Å². The molecule has 162 valence electrons. The minimum absolute atomic E-state index is 0.105. The minimum atomic E-state index is -3.79. The molecule has 0 saturated heterocycles. The van der Waals surface area contributed by atoms with Crippen LogP contribution in [0.1, 0.15) is 40.9 Å². The van der Waals surface area contributed by atoms with E-state index in [2.05, 4.69) is 10.0 Å². The van der Waals surface area contributed by atoms with Gasteiger partial charge in [-0.3, -0.25) is 9.52 Å². The molecule has 0 aromatic heterocycles. The van der Waals surface area contributed by atoms with Crippen molar-refractivity contribution in [3.05, 3.63) is 89.5 Å². The van der Waals surface area contributed by atoms with Gasteiger partial charge in [-0.15, -0.1) is 0 Å². The summed E-state index contributed by atoms with van der Waals surface area (Å²) in [6.45, 7) is 4.02. The Morgan fingerprint density at radius 3 is 2.35 bits per heavy atom. The molecule has 7 heteroatoms. The van der Waals surface area contributed by atoms with Crippen molar-refractivity contribution in [3.8, 4) is 5.75 Å². The third-order valence-electron chi connectivity index (χ3n) is 5.02. The lowest BCUT2D eigenvalue weighted by atomic mass is 9.99. The number of anilines is 1. The molecule has 31 heavy (non-hydrogen) atoms. The molecule has 3 rings (SSSR count). The van der Waals surface area contributed by atoms with Gasteiger partial charge in [0.25, 0.3) is 15.9 Å². The molecule has 3 aromatic carbocycles. The van der Waals surface area contributed by atoms with E-state index >= 15 is 0 Å². The number of hydrogen-bond donors (Lipinski definition) is 2. The van der Waals surface area contributed by atoms with Crippen molar-refractivity contribution in [2.45, 2.75) is 31.2 Å². The predicted molar refractivity (Wildman–Crippen MR) is 122 cm³/mol. The van der Waals surface area contributed by atoms with Gasteiger partial charge in [-0.2, -0.15) is 0 Å². The number of carbonyl (C=O) groups is 1. The van der Waals surface area contributed by atoms with Crippen molar-refractivity contribution < 1.29 is 17.9 Å². The van der Waals surface area contributed by atoms with Crippen molar-refractivity contribution in [1.29, 1.82) is 0 Å². The summed E-state index contributed by atoms with van der Waals surface area (Å²) in [5.74, 6) is 0.303. The van der Waals surface area contributed by atoms with E-state index in [1.165, 1.54) is 25.3 Å². The Hall–Kier alpha value is -3.32. The number of benzene rings is 3. The van der Waals surface area contributed by atoms with Crippen molar-refractivity contribution >= 4 is 21.6 Å². The second-order valence-electron chi connectivity index (χ2n) is 7.15. The normalized spacial score (nSPS) is 12.1. The van der Waals surface area contributed by atoms with Gasteiger partial charge in [0, 0.05) is 11.3 Å². The molecule has 0 fully saturated rings. The topological polar surface area (TPSA) is 84.5 Å². The van der Waals surface area contributed by atoms with Crippen LogP contribution in [0, 0.1) is 6.92 Å². The zero-order valence-corrected chi connectivity index (χ0v) is 18.6. The van der Waals surface area contributed by atoms with Crippen molar-refractivity contribution in [2.75, 3.05) is 11.8 Å². The van der Waals surface area contributed by atoms with Gasteiger partial charge in [-0.05, 0) is 66.9 Å². The van der Waals surface area contributed by atoms with E-state index in [0.29, 0.717) is 17.0 Å². The van der Waals surface area contributed by atoms with Gasteiger partial charge in [-0.1, -0.05) is 37.3 Å². The lowest BCUT2D eigenvalue weighted by Crippen LogP contribution is -2.28. The molecule has 0 saturated carbocycles. The molecule has 1 unspecified atom stereocenters. The van der Waals surface area contributed by atoms with Gasteiger partial charge >= 0.3 is 0 Å². The van der Waals surface area contributed by atoms with Gasteiger partial charge in [-0.25, -0.2) is 8.42 Å². The van der Waals surface area contributed by atoms with Crippen LogP contribution in [0.25, 0.3) is 0 Å². The summed E-state index contributed by atoms with van der Waals surface area (Å²) in [7, 11) is -2.28. The number of sulfonamides is 1. The number of hydrogen-bond acceptors (Lipinski definition) is 4. The monoisotopic (exact) mass is 438 g/mol. The lowest BCUT2D eigenvalue weighted by molar-refractivity contribution is 0.0935. The first-order valence-electron chi connectivity index (χ1n) is 9.97. The molecule has 0 heterocycles. The smallest absolute Gasteiger partial charge is 0.261 e. The van der Waals surface area contributed by atoms with Crippen LogP contribution in [0.2, 0.25) is 0 Å². The van der Waals surface area contributed by atoms with E-state index in [1.807, 2.05) is 38.1 Å². The molecule has 6 nitrogen and oxygen atoms in total. The van der Waals surface area contributed by atoms with Crippen LogP contribution in [0.15, 0.2) is 77.7 Å². The van der Waals surface area contributed by atoms with E-state index in [9.17, 15) is 13.2 Å². The quantitative estimate of drug-likeness (QED) is 0.535. The molecule has 0 radical (unpaired) electrons. The summed E-state index contributed by atoms with van der Waals surface area (Å²) in [5.41, 5.74) is 2.86. The molecule has 0 aliphatic heterocycles. The van der Waals surface area contributed by atoms with Crippen LogP contribution < -0.4 is 14.8 Å². The summed E-state index contributed by atoms with van der Waals surface area (Å²) < 4.78 is 32.9. The first kappa shape index (κ1) is 22.4. The van der Waals surface area contributed by atoms with Crippen LogP contribution in [0.3, 0.4) is 0 Å². The average Bonchev–Trinajstić information content (AvgIpc) is 2.78. The van der Waals surface area contributed by atoms with Crippen LogP contribution in [-0.4, -0.2) is 21.4 Å². The van der Waals surface area contributed by atoms with Gasteiger partial charge in [0.05, 0.1) is 18.0 Å². The lowest BCUT2D eigenvalue weighted by Gasteiger charge is -2.20. The van der Waals surface area contributed by atoms with Crippen LogP contribution in [-0.2, 0) is 10.0 Å². The summed E-state index contributed by atoms with van der Waals surface area (Å²) >= 11 is 0. The van der Waals surface area contributed by atoms with E-state index in [1.54, 1.807) is 30.3 Å². The largest absolute Gasteiger partial charge is 0.497 e. The number of rotatable bonds is 8. The Morgan fingerprint density at radius 1 is 1.00 bits per heavy atom. The molecule has 2 N–H and O–H groups in total. The summed E-state index contributed by atoms with van der Waals surface area (Å²) in [6.07, 6.45) is 0.736. The number of methoxy groups -OCH3 is 1. The Kier molecular flexibility index (Phi) is 6.97. The first-order valence-corrected chi connectivity index (χ1v) is 11.5. The number of aryl methyl sites for hydroxylation is 1. The maximum atomic E-state index is 12.9. The summed E-state index contributed by atoms with van der Waals surface area (Å²) in [6, 6.07) is 20.3. The van der Waals surface area contributed by atoms with E-state index < -0.39 is 10.0 Å². The van der Waals surface area contributed by atoms with E-state index in [-0.39, 0.29) is 16.8 Å². The molecule has 1 amide bonds. The standard InChI is InChI=1S/C24H26N2O4S/c1-4-23(22-11-6-5-8-17(22)2)25-24(27)18-9-7-10-19(16-18)26-31(28,29)21-14-12-20(30-3)13-15-21/h5-16,23,26H,4H2,1-3H3,(H,25,27). The molecule has 0 spiro atoms. The minimum Gasteiger partial charge on any atom is -0.497 e. The summed E-state index contributed by atoms with van der Waals surface area (Å²) in [5, 5.41) is 3.04. The Morgan fingerprint density at radius 2 is 1.71 bits per heavy atom. The first-order chi connectivity index (χ1) is 14.8. The van der Waals surface area contributed by atoms with Gasteiger partial charge in [0.15, 0.2) is 0 Å². The predicted octanol–water partition coefficient (Wildman–Crippen LogP) is 4.69. The van der Waals surface area contributed by atoms with E-state index in [0.717, 1.165) is 17.5 Å². The van der Waals surface area contributed by atoms with Crippen molar-refractivity contribution in [2.24, 2.45) is 0 Å². The third kappa shape index (κ3) is 5.44. The van der Waals surface area contributed by atoms with Gasteiger partial charge < -0.3 is 10.1 Å². The Bertz CT molecular complexity index is 1160. The van der Waals surface area contributed by atoms with Crippen LogP contribution >= 0.6 is 0 Å². The molecule has 0 bridgehead atoms. The highest BCUT2D eigenvalue weighted by Crippen LogP contribution is 2.23. The number of nitrogens with one attached hydrogen (secondary N) is 2. The third-order valence-corrected chi connectivity index (χ3v) is 6.42. The fourth-order valence-corrected chi connectivity index (χ4v) is 4.36. The molecule has 1 atom stereocenters. The number of carbonyl (C=O) groups excluding carboxylic acids is 1. The molecule has 0 aliphatic rings. The summed E-state index contributed by atoms with van der Waals surface area (Å²) in [4.78, 5) is 13.0. The number of amides is 1. The van der Waals surface area contributed by atoms with Crippen LogP contribution in [0.4, 0.5) is 5.69 Å².